The van der Waals surface area contributed by atoms with E-state index in [2.05, 4.69) is 5.32 Å². The molecule has 5 heteroatoms. The van der Waals surface area contributed by atoms with Crippen molar-refractivity contribution < 1.29 is 14.7 Å². The summed E-state index contributed by atoms with van der Waals surface area (Å²) < 4.78 is 0. The lowest BCUT2D eigenvalue weighted by atomic mass is 10.0. The molecule has 1 aromatic rings. The summed E-state index contributed by atoms with van der Waals surface area (Å²) in [5, 5.41) is 13.9. The highest BCUT2D eigenvalue weighted by Gasteiger charge is 2.34. The van der Waals surface area contributed by atoms with Crippen LogP contribution < -0.4 is 5.32 Å². The van der Waals surface area contributed by atoms with Gasteiger partial charge in [-0.25, -0.2) is 0 Å². The Hall–Kier alpha value is -1.36. The van der Waals surface area contributed by atoms with E-state index in [1.807, 2.05) is 18.4 Å². The van der Waals surface area contributed by atoms with Gasteiger partial charge in [-0.2, -0.15) is 0 Å². The van der Waals surface area contributed by atoms with Crippen LogP contribution in [-0.2, 0) is 11.2 Å². The normalized spacial score (nSPS) is 22.9. The van der Waals surface area contributed by atoms with Crippen molar-refractivity contribution in [2.24, 2.45) is 5.92 Å². The largest absolute Gasteiger partial charge is 0.481 e. The molecule has 1 saturated carbocycles. The molecule has 2 atom stereocenters. The van der Waals surface area contributed by atoms with E-state index in [-0.39, 0.29) is 11.9 Å². The smallest absolute Gasteiger partial charge is 0.308 e. The summed E-state index contributed by atoms with van der Waals surface area (Å²) in [6, 6.07) is 1.73. The van der Waals surface area contributed by atoms with Gasteiger partial charge in [0.1, 0.15) is 0 Å². The van der Waals surface area contributed by atoms with Crippen LogP contribution in [0.1, 0.15) is 41.4 Å². The standard InChI is InChI=1S/C13H17NO3S/c1-2-8-6-7-18-11(8)12(15)14-10-5-3-4-9(10)13(16)17/h6-7,9-10H,2-5H2,1H3,(H,14,15)(H,16,17). The topological polar surface area (TPSA) is 66.4 Å². The van der Waals surface area contributed by atoms with Gasteiger partial charge in [0.25, 0.3) is 5.91 Å². The van der Waals surface area contributed by atoms with Gasteiger partial charge in [-0.3, -0.25) is 9.59 Å². The van der Waals surface area contributed by atoms with Crippen LogP contribution in [0.15, 0.2) is 11.4 Å². The molecular weight excluding hydrogens is 250 g/mol. The molecule has 0 bridgehead atoms. The molecule has 1 heterocycles. The van der Waals surface area contributed by atoms with E-state index in [0.717, 1.165) is 24.8 Å². The van der Waals surface area contributed by atoms with Gasteiger partial charge in [-0.1, -0.05) is 13.3 Å². The highest BCUT2D eigenvalue weighted by atomic mass is 32.1. The molecule has 1 aliphatic rings. The minimum atomic E-state index is -0.806. The fourth-order valence-corrected chi connectivity index (χ4v) is 3.37. The number of carbonyl (C=O) groups is 2. The lowest BCUT2D eigenvalue weighted by Gasteiger charge is -2.17. The van der Waals surface area contributed by atoms with Gasteiger partial charge in [0.05, 0.1) is 10.8 Å². The number of amides is 1. The maximum absolute atomic E-state index is 12.1. The maximum atomic E-state index is 12.1. The minimum absolute atomic E-state index is 0.125. The van der Waals surface area contributed by atoms with Crippen LogP contribution in [0.5, 0.6) is 0 Å². The summed E-state index contributed by atoms with van der Waals surface area (Å²) in [5.41, 5.74) is 1.03. The van der Waals surface area contributed by atoms with Crippen molar-refractivity contribution in [3.63, 3.8) is 0 Å². The Morgan fingerprint density at radius 3 is 2.94 bits per heavy atom. The van der Waals surface area contributed by atoms with Gasteiger partial charge in [0, 0.05) is 6.04 Å². The molecule has 98 valence electrons. The molecule has 0 saturated heterocycles. The van der Waals surface area contributed by atoms with Gasteiger partial charge in [-0.15, -0.1) is 11.3 Å². The summed E-state index contributed by atoms with van der Waals surface area (Å²) >= 11 is 1.42. The van der Waals surface area contributed by atoms with E-state index in [0.29, 0.717) is 11.3 Å². The van der Waals surface area contributed by atoms with Crippen molar-refractivity contribution in [1.82, 2.24) is 5.32 Å². The number of carbonyl (C=O) groups excluding carboxylic acids is 1. The van der Waals surface area contributed by atoms with Crippen LogP contribution in [0.4, 0.5) is 0 Å². The van der Waals surface area contributed by atoms with E-state index >= 15 is 0 Å². The van der Waals surface area contributed by atoms with E-state index in [1.54, 1.807) is 0 Å². The minimum Gasteiger partial charge on any atom is -0.481 e. The molecule has 2 N–H and O–H groups in total. The predicted octanol–water partition coefficient (Wildman–Crippen LogP) is 2.29. The Bertz CT molecular complexity index is 455. The number of hydrogen-bond acceptors (Lipinski definition) is 3. The monoisotopic (exact) mass is 267 g/mol. The Kier molecular flexibility index (Phi) is 4.01. The van der Waals surface area contributed by atoms with E-state index in [4.69, 9.17) is 5.11 Å². The van der Waals surface area contributed by atoms with Crippen LogP contribution in [-0.4, -0.2) is 23.0 Å². The Morgan fingerprint density at radius 1 is 1.50 bits per heavy atom. The number of aliphatic carboxylic acids is 1. The average molecular weight is 267 g/mol. The third kappa shape index (κ3) is 2.56. The molecule has 2 rings (SSSR count). The zero-order chi connectivity index (χ0) is 13.1. The fourth-order valence-electron chi connectivity index (χ4n) is 2.48. The van der Waals surface area contributed by atoms with E-state index in [9.17, 15) is 9.59 Å². The number of nitrogens with one attached hydrogen (secondary N) is 1. The Balaban J connectivity index is 2.05. The molecule has 1 fully saturated rings. The molecule has 0 aromatic carbocycles. The van der Waals surface area contributed by atoms with Gasteiger partial charge < -0.3 is 10.4 Å². The van der Waals surface area contributed by atoms with Gasteiger partial charge in [-0.05, 0) is 36.3 Å². The molecule has 0 spiro atoms. The summed E-state index contributed by atoms with van der Waals surface area (Å²) in [5.74, 6) is -1.36. The third-order valence-electron chi connectivity index (χ3n) is 3.48. The van der Waals surface area contributed by atoms with Crippen molar-refractivity contribution in [1.29, 1.82) is 0 Å². The maximum Gasteiger partial charge on any atom is 0.308 e. The first-order chi connectivity index (χ1) is 8.63. The molecule has 1 aliphatic carbocycles. The SMILES string of the molecule is CCc1ccsc1C(=O)NC1CCCC1C(=O)O. The van der Waals surface area contributed by atoms with E-state index in [1.165, 1.54) is 11.3 Å². The number of carboxylic acid groups (broad SMARTS) is 1. The third-order valence-corrected chi connectivity index (χ3v) is 4.44. The Morgan fingerprint density at radius 2 is 2.28 bits per heavy atom. The quantitative estimate of drug-likeness (QED) is 0.879. The zero-order valence-electron chi connectivity index (χ0n) is 10.3. The zero-order valence-corrected chi connectivity index (χ0v) is 11.1. The molecule has 4 nitrogen and oxygen atoms in total. The van der Waals surface area contributed by atoms with Crippen molar-refractivity contribution in [2.45, 2.75) is 38.6 Å². The number of aryl methyl sites for hydroxylation is 1. The summed E-state index contributed by atoms with van der Waals surface area (Å²) in [7, 11) is 0. The van der Waals surface area contributed by atoms with Gasteiger partial charge in [0.15, 0.2) is 0 Å². The second kappa shape index (κ2) is 5.52. The van der Waals surface area contributed by atoms with Crippen LogP contribution in [0.25, 0.3) is 0 Å². The van der Waals surface area contributed by atoms with Crippen molar-refractivity contribution >= 4 is 23.2 Å². The van der Waals surface area contributed by atoms with Crippen LogP contribution in [0.2, 0.25) is 0 Å². The summed E-state index contributed by atoms with van der Waals surface area (Å²) in [4.78, 5) is 23.9. The summed E-state index contributed by atoms with van der Waals surface area (Å²) in [6.07, 6.45) is 3.10. The van der Waals surface area contributed by atoms with Crippen LogP contribution in [0.3, 0.4) is 0 Å². The van der Waals surface area contributed by atoms with Crippen molar-refractivity contribution in [2.75, 3.05) is 0 Å². The first-order valence-corrected chi connectivity index (χ1v) is 7.11. The fraction of sp³-hybridized carbons (Fsp3) is 0.538. The first kappa shape index (κ1) is 13.1. The first-order valence-electron chi connectivity index (χ1n) is 6.23. The highest BCUT2D eigenvalue weighted by molar-refractivity contribution is 7.12. The number of hydrogen-bond donors (Lipinski definition) is 2. The Labute approximate surface area is 110 Å². The number of carboxylic acids is 1. The molecule has 0 aliphatic heterocycles. The molecule has 18 heavy (non-hydrogen) atoms. The molecule has 1 amide bonds. The number of thiophene rings is 1. The molecular formula is C13H17NO3S. The molecule has 0 radical (unpaired) electrons. The average Bonchev–Trinajstić information content (AvgIpc) is 2.96. The van der Waals surface area contributed by atoms with Crippen molar-refractivity contribution in [3.05, 3.63) is 21.9 Å². The van der Waals surface area contributed by atoms with E-state index < -0.39 is 11.9 Å². The number of rotatable bonds is 4. The highest BCUT2D eigenvalue weighted by Crippen LogP contribution is 2.27. The van der Waals surface area contributed by atoms with Crippen LogP contribution >= 0.6 is 11.3 Å². The molecule has 2 unspecified atom stereocenters. The van der Waals surface area contributed by atoms with Gasteiger partial charge >= 0.3 is 5.97 Å². The second-order valence-electron chi connectivity index (χ2n) is 4.58. The summed E-state index contributed by atoms with van der Waals surface area (Å²) in [6.45, 7) is 2.01. The second-order valence-corrected chi connectivity index (χ2v) is 5.50. The lowest BCUT2D eigenvalue weighted by molar-refractivity contribution is -0.142. The predicted molar refractivity (Wildman–Crippen MR) is 69.9 cm³/mol. The lowest BCUT2D eigenvalue weighted by Crippen LogP contribution is -2.40. The van der Waals surface area contributed by atoms with Gasteiger partial charge in [0.2, 0.25) is 0 Å². The van der Waals surface area contributed by atoms with Crippen molar-refractivity contribution in [3.8, 4) is 0 Å². The molecule has 1 aromatic heterocycles. The van der Waals surface area contributed by atoms with Crippen LogP contribution in [0, 0.1) is 5.92 Å².